The van der Waals surface area contributed by atoms with Crippen molar-refractivity contribution in [2.75, 3.05) is 5.32 Å². The number of benzene rings is 3. The second-order valence-electron chi connectivity index (χ2n) is 5.66. The van der Waals surface area contributed by atoms with Crippen molar-refractivity contribution in [1.29, 1.82) is 0 Å². The number of hydrogen-bond acceptors (Lipinski definition) is 4. The summed E-state index contributed by atoms with van der Waals surface area (Å²) in [6, 6.07) is 19.7. The highest BCUT2D eigenvalue weighted by Crippen LogP contribution is 2.26. The Balaban J connectivity index is 1.87. The van der Waals surface area contributed by atoms with Gasteiger partial charge in [0.05, 0.1) is 11.0 Å². The average Bonchev–Trinajstić information content (AvgIpc) is 2.68. The second kappa shape index (κ2) is 8.09. The lowest BCUT2D eigenvalue weighted by Crippen LogP contribution is -2.25. The fourth-order valence-electron chi connectivity index (χ4n) is 2.45. The van der Waals surface area contributed by atoms with Crippen molar-refractivity contribution in [3.05, 3.63) is 100 Å². The molecule has 3 aromatic carbocycles. The Morgan fingerprint density at radius 3 is 2.37 bits per heavy atom. The summed E-state index contributed by atoms with van der Waals surface area (Å²) in [6.07, 6.45) is -1.04. The quantitative estimate of drug-likeness (QED) is 0.515. The molecule has 1 N–H and O–H groups in total. The largest absolute Gasteiger partial charge is 0.476 e. The van der Waals surface area contributed by atoms with E-state index in [0.717, 1.165) is 0 Å². The van der Waals surface area contributed by atoms with Crippen molar-refractivity contribution in [2.45, 2.75) is 6.10 Å². The summed E-state index contributed by atoms with van der Waals surface area (Å²) in [6.45, 7) is 0. The molecule has 0 aliphatic heterocycles. The first-order valence-electron chi connectivity index (χ1n) is 8.05. The smallest absolute Gasteiger partial charge is 0.273 e. The molecule has 0 aliphatic carbocycles. The Labute approximate surface area is 154 Å². The molecule has 1 amide bonds. The number of amides is 1. The average molecular weight is 366 g/mol. The van der Waals surface area contributed by atoms with Gasteiger partial charge in [-0.3, -0.25) is 14.9 Å². The van der Waals surface area contributed by atoms with E-state index in [4.69, 9.17) is 4.74 Å². The number of halogens is 1. The number of non-ortho nitro benzene ring substituents is 1. The number of nitrogens with one attached hydrogen (secondary N) is 1. The van der Waals surface area contributed by atoms with Crippen molar-refractivity contribution in [3.8, 4) is 5.75 Å². The molecule has 0 spiro atoms. The Hall–Kier alpha value is -3.74. The van der Waals surface area contributed by atoms with Crippen molar-refractivity contribution in [1.82, 2.24) is 0 Å². The minimum atomic E-state index is -1.04. The first-order valence-corrected chi connectivity index (χ1v) is 8.05. The summed E-state index contributed by atoms with van der Waals surface area (Å²) in [5.41, 5.74) is 0.840. The Bertz CT molecular complexity index is 946. The molecule has 6 nitrogen and oxygen atoms in total. The summed E-state index contributed by atoms with van der Waals surface area (Å²) < 4.78 is 18.8. The minimum Gasteiger partial charge on any atom is -0.476 e. The van der Waals surface area contributed by atoms with Crippen LogP contribution in [0.3, 0.4) is 0 Å². The van der Waals surface area contributed by atoms with Crippen LogP contribution in [0.2, 0.25) is 0 Å². The van der Waals surface area contributed by atoms with Crippen molar-refractivity contribution in [3.63, 3.8) is 0 Å². The molecule has 0 fully saturated rings. The van der Waals surface area contributed by atoms with E-state index in [9.17, 15) is 19.3 Å². The molecule has 0 radical (unpaired) electrons. The number of rotatable bonds is 6. The van der Waals surface area contributed by atoms with E-state index in [1.165, 1.54) is 48.5 Å². The zero-order valence-corrected chi connectivity index (χ0v) is 14.0. The lowest BCUT2D eigenvalue weighted by molar-refractivity contribution is -0.384. The number of nitro groups is 1. The van der Waals surface area contributed by atoms with Crippen LogP contribution in [0, 0.1) is 15.9 Å². The van der Waals surface area contributed by atoms with Gasteiger partial charge in [-0.25, -0.2) is 4.39 Å². The van der Waals surface area contributed by atoms with Crippen molar-refractivity contribution in [2.24, 2.45) is 0 Å². The van der Waals surface area contributed by atoms with E-state index in [1.807, 2.05) is 0 Å². The first-order chi connectivity index (χ1) is 13.0. The fraction of sp³-hybridized carbons (Fsp3) is 0.0500. The molecule has 1 unspecified atom stereocenters. The number of carbonyl (C=O) groups is 1. The molecule has 0 saturated carbocycles. The maximum Gasteiger partial charge on any atom is 0.273 e. The van der Waals surface area contributed by atoms with Crippen LogP contribution in [0.15, 0.2) is 78.9 Å². The topological polar surface area (TPSA) is 81.5 Å². The van der Waals surface area contributed by atoms with Crippen molar-refractivity contribution < 1.29 is 18.8 Å². The van der Waals surface area contributed by atoms with Crippen molar-refractivity contribution >= 4 is 17.3 Å². The van der Waals surface area contributed by atoms with Gasteiger partial charge in [-0.2, -0.15) is 0 Å². The van der Waals surface area contributed by atoms with Crippen LogP contribution < -0.4 is 10.1 Å². The molecule has 0 heterocycles. The van der Waals surface area contributed by atoms with Crippen LogP contribution in [0.4, 0.5) is 15.8 Å². The molecule has 0 saturated heterocycles. The van der Waals surface area contributed by atoms with Crippen LogP contribution in [0.1, 0.15) is 11.7 Å². The minimum absolute atomic E-state index is 0.141. The zero-order valence-electron chi connectivity index (χ0n) is 14.0. The molecule has 3 aromatic rings. The molecule has 7 heteroatoms. The predicted octanol–water partition coefficient (Wildman–Crippen LogP) is 4.49. The van der Waals surface area contributed by atoms with Gasteiger partial charge >= 0.3 is 0 Å². The normalized spacial score (nSPS) is 11.4. The van der Waals surface area contributed by atoms with Gasteiger partial charge in [-0.05, 0) is 30.3 Å². The maximum atomic E-state index is 13.0. The molecule has 0 aliphatic rings. The van der Waals surface area contributed by atoms with Gasteiger partial charge < -0.3 is 10.1 Å². The van der Waals surface area contributed by atoms with E-state index in [2.05, 4.69) is 5.32 Å². The van der Waals surface area contributed by atoms with Crippen LogP contribution in [0.25, 0.3) is 0 Å². The summed E-state index contributed by atoms with van der Waals surface area (Å²) in [4.78, 5) is 23.2. The highest BCUT2D eigenvalue weighted by molar-refractivity contribution is 5.95. The van der Waals surface area contributed by atoms with Gasteiger partial charge in [0, 0.05) is 17.3 Å². The Morgan fingerprint density at radius 2 is 1.70 bits per heavy atom. The number of carbonyl (C=O) groups excluding carboxylic acids is 1. The van der Waals surface area contributed by atoms with Gasteiger partial charge in [-0.15, -0.1) is 0 Å². The third-order valence-electron chi connectivity index (χ3n) is 3.73. The van der Waals surface area contributed by atoms with Crippen LogP contribution >= 0.6 is 0 Å². The monoisotopic (exact) mass is 366 g/mol. The lowest BCUT2D eigenvalue weighted by atomic mass is 10.1. The molecule has 1 atom stereocenters. The predicted molar refractivity (Wildman–Crippen MR) is 97.9 cm³/mol. The fourth-order valence-corrected chi connectivity index (χ4v) is 2.45. The first kappa shape index (κ1) is 18.1. The Morgan fingerprint density at radius 1 is 1.00 bits per heavy atom. The SMILES string of the molecule is O=C(Nc1ccc(F)cc1)C(Oc1cccc([N+](=O)[O-])c1)c1ccccc1. The molecular formula is C20H15FN2O4. The second-order valence-corrected chi connectivity index (χ2v) is 5.66. The number of nitro benzene ring substituents is 1. The number of ether oxygens (including phenoxy) is 1. The van der Waals surface area contributed by atoms with Crippen LogP contribution in [0.5, 0.6) is 5.75 Å². The van der Waals surface area contributed by atoms with Gasteiger partial charge in [0.2, 0.25) is 6.10 Å². The highest BCUT2D eigenvalue weighted by atomic mass is 19.1. The van der Waals surface area contributed by atoms with Crippen LogP contribution in [-0.4, -0.2) is 10.8 Å². The Kier molecular flexibility index (Phi) is 5.41. The molecule has 0 aromatic heterocycles. The number of hydrogen-bond donors (Lipinski definition) is 1. The van der Waals surface area contributed by atoms with E-state index in [-0.39, 0.29) is 11.4 Å². The third kappa shape index (κ3) is 4.66. The van der Waals surface area contributed by atoms with E-state index in [0.29, 0.717) is 11.3 Å². The van der Waals surface area contributed by atoms with E-state index in [1.54, 1.807) is 30.3 Å². The lowest BCUT2D eigenvalue weighted by Gasteiger charge is -2.19. The number of anilines is 1. The maximum absolute atomic E-state index is 13.0. The molecule has 27 heavy (non-hydrogen) atoms. The summed E-state index contributed by atoms with van der Waals surface area (Å²) in [5, 5.41) is 13.6. The van der Waals surface area contributed by atoms with E-state index >= 15 is 0 Å². The zero-order chi connectivity index (χ0) is 19.2. The van der Waals surface area contributed by atoms with Gasteiger partial charge in [0.15, 0.2) is 0 Å². The van der Waals surface area contributed by atoms with Gasteiger partial charge in [-0.1, -0.05) is 36.4 Å². The standard InChI is InChI=1S/C20H15FN2O4/c21-15-9-11-16(12-10-15)22-20(24)19(14-5-2-1-3-6-14)27-18-8-4-7-17(13-18)23(25)26/h1-13,19H,(H,22,24). The van der Waals surface area contributed by atoms with Crippen LogP contribution in [-0.2, 0) is 4.79 Å². The molecule has 136 valence electrons. The van der Waals surface area contributed by atoms with E-state index < -0.39 is 22.8 Å². The molecule has 0 bridgehead atoms. The van der Waals surface area contributed by atoms with Gasteiger partial charge in [0.25, 0.3) is 11.6 Å². The number of nitrogens with zero attached hydrogens (tertiary/aromatic N) is 1. The third-order valence-corrected chi connectivity index (χ3v) is 3.73. The molecular weight excluding hydrogens is 351 g/mol. The van der Waals surface area contributed by atoms with Gasteiger partial charge in [0.1, 0.15) is 11.6 Å². The summed E-state index contributed by atoms with van der Waals surface area (Å²) >= 11 is 0. The molecule has 3 rings (SSSR count). The summed E-state index contributed by atoms with van der Waals surface area (Å²) in [7, 11) is 0. The summed E-state index contributed by atoms with van der Waals surface area (Å²) in [5.74, 6) is -0.716. The highest BCUT2D eigenvalue weighted by Gasteiger charge is 2.23.